The number of hydrogen-bond donors (Lipinski definition) is 3. The first kappa shape index (κ1) is 16.7. The van der Waals surface area contributed by atoms with E-state index in [1.165, 1.54) is 5.32 Å². The molecule has 0 saturated carbocycles. The number of amides is 1. The summed E-state index contributed by atoms with van der Waals surface area (Å²) in [6.07, 6.45) is -3.59. The average molecular weight is 270 g/mol. The van der Waals surface area contributed by atoms with E-state index in [-0.39, 0.29) is 6.42 Å². The molecule has 0 aliphatic heterocycles. The van der Waals surface area contributed by atoms with Crippen LogP contribution in [0.25, 0.3) is 0 Å². The van der Waals surface area contributed by atoms with Gasteiger partial charge in [0.2, 0.25) is 11.4 Å². The lowest BCUT2D eigenvalue weighted by Gasteiger charge is -2.29. The summed E-state index contributed by atoms with van der Waals surface area (Å²) in [5.74, 6) is -3.29. The molecule has 0 aromatic heterocycles. The number of carbonyl (C=O) groups excluding carboxylic acids is 1. The average Bonchev–Trinajstić information content (AvgIpc) is 2.23. The molecule has 1 unspecified atom stereocenters. The Morgan fingerprint density at radius 3 is 2.22 bits per heavy atom. The normalized spacial score (nSPS) is 16.8. The zero-order valence-corrected chi connectivity index (χ0v) is 10.2. The van der Waals surface area contributed by atoms with Gasteiger partial charge in [0.15, 0.2) is 0 Å². The Bertz CT molecular complexity index is 320. The van der Waals surface area contributed by atoms with Crippen LogP contribution in [0.5, 0.6) is 0 Å². The van der Waals surface area contributed by atoms with E-state index in [0.717, 1.165) is 6.42 Å². The summed E-state index contributed by atoms with van der Waals surface area (Å²) in [5, 5.41) is 10.1. The molecule has 0 rings (SSSR count). The van der Waals surface area contributed by atoms with Crippen molar-refractivity contribution in [1.82, 2.24) is 5.32 Å². The van der Waals surface area contributed by atoms with Gasteiger partial charge in [-0.05, 0) is 13.3 Å². The van der Waals surface area contributed by atoms with Gasteiger partial charge in [0.25, 0.3) is 0 Å². The molecule has 0 heterocycles. The summed E-state index contributed by atoms with van der Waals surface area (Å²) in [4.78, 5) is 22.1. The van der Waals surface area contributed by atoms with Gasteiger partial charge in [-0.25, -0.2) is 4.79 Å². The predicted octanol–water partition coefficient (Wildman–Crippen LogP) is 1.03. The summed E-state index contributed by atoms with van der Waals surface area (Å²) in [7, 11) is 0. The highest BCUT2D eigenvalue weighted by atomic mass is 19.4. The topological polar surface area (TPSA) is 92.4 Å². The number of rotatable bonds is 6. The van der Waals surface area contributed by atoms with Gasteiger partial charge in [0.05, 0.1) is 6.04 Å². The first-order chi connectivity index (χ1) is 8.06. The lowest BCUT2D eigenvalue weighted by molar-refractivity contribution is -0.207. The van der Waals surface area contributed by atoms with E-state index in [2.05, 4.69) is 0 Å². The number of carboxylic acids is 1. The second-order valence-corrected chi connectivity index (χ2v) is 4.17. The van der Waals surface area contributed by atoms with Crippen LogP contribution in [0.4, 0.5) is 13.2 Å². The van der Waals surface area contributed by atoms with Crippen molar-refractivity contribution in [2.45, 2.75) is 50.9 Å². The number of halogens is 3. The molecule has 1 amide bonds. The van der Waals surface area contributed by atoms with Gasteiger partial charge in [-0.2, -0.15) is 13.2 Å². The van der Waals surface area contributed by atoms with Crippen molar-refractivity contribution >= 4 is 11.9 Å². The van der Waals surface area contributed by atoms with Gasteiger partial charge < -0.3 is 16.2 Å². The van der Waals surface area contributed by atoms with Crippen LogP contribution in [-0.2, 0) is 9.59 Å². The highest BCUT2D eigenvalue weighted by Gasteiger charge is 2.58. The monoisotopic (exact) mass is 270 g/mol. The Morgan fingerprint density at radius 2 is 1.89 bits per heavy atom. The number of unbranched alkanes of at least 4 members (excludes halogenated alkanes) is 1. The smallest absolute Gasteiger partial charge is 0.422 e. The van der Waals surface area contributed by atoms with E-state index in [1.807, 2.05) is 6.92 Å². The zero-order chi connectivity index (χ0) is 14.6. The quantitative estimate of drug-likeness (QED) is 0.672. The van der Waals surface area contributed by atoms with Crippen LogP contribution in [-0.4, -0.2) is 34.7 Å². The molecule has 0 aliphatic rings. The van der Waals surface area contributed by atoms with Crippen LogP contribution < -0.4 is 11.1 Å². The van der Waals surface area contributed by atoms with Gasteiger partial charge in [-0.3, -0.25) is 4.79 Å². The van der Waals surface area contributed by atoms with E-state index < -0.39 is 29.6 Å². The first-order valence-corrected chi connectivity index (χ1v) is 5.44. The molecule has 0 fully saturated rings. The molecule has 4 N–H and O–H groups in total. The first-order valence-electron chi connectivity index (χ1n) is 5.44. The molecule has 0 bridgehead atoms. The Hall–Kier alpha value is -1.31. The van der Waals surface area contributed by atoms with Crippen LogP contribution in [0.2, 0.25) is 0 Å². The summed E-state index contributed by atoms with van der Waals surface area (Å²) in [5.41, 5.74) is 2.06. The number of hydrogen-bond acceptors (Lipinski definition) is 3. The van der Waals surface area contributed by atoms with Crippen molar-refractivity contribution in [1.29, 1.82) is 0 Å². The Kier molecular flexibility index (Phi) is 5.59. The molecule has 5 nitrogen and oxygen atoms in total. The fourth-order valence-electron chi connectivity index (χ4n) is 1.14. The predicted molar refractivity (Wildman–Crippen MR) is 57.7 cm³/mol. The molecule has 18 heavy (non-hydrogen) atoms. The summed E-state index contributed by atoms with van der Waals surface area (Å²) < 4.78 is 37.8. The lowest BCUT2D eigenvalue weighted by Crippen LogP contribution is -2.64. The maximum Gasteiger partial charge on any atom is 0.422 e. The molecule has 0 aliphatic carbocycles. The molecule has 0 aromatic rings. The molecule has 0 saturated heterocycles. The van der Waals surface area contributed by atoms with Crippen LogP contribution in [0, 0.1) is 0 Å². The van der Waals surface area contributed by atoms with E-state index in [9.17, 15) is 22.8 Å². The summed E-state index contributed by atoms with van der Waals surface area (Å²) in [6, 6.07) is -1.15. The number of nitrogens with one attached hydrogen (secondary N) is 1. The Morgan fingerprint density at radius 1 is 1.39 bits per heavy atom. The van der Waals surface area contributed by atoms with E-state index >= 15 is 0 Å². The largest absolute Gasteiger partial charge is 0.479 e. The number of nitrogens with two attached hydrogens (primary N) is 1. The van der Waals surface area contributed by atoms with Gasteiger partial charge in [0, 0.05) is 0 Å². The molecule has 2 atom stereocenters. The summed E-state index contributed by atoms with van der Waals surface area (Å²) >= 11 is 0. The van der Waals surface area contributed by atoms with Crippen molar-refractivity contribution in [3.05, 3.63) is 0 Å². The maximum absolute atomic E-state index is 12.6. The minimum absolute atomic E-state index is 0.204. The fraction of sp³-hybridized carbons (Fsp3) is 0.800. The number of carboxylic acid groups (broad SMARTS) is 1. The van der Waals surface area contributed by atoms with E-state index in [0.29, 0.717) is 13.3 Å². The minimum atomic E-state index is -5.10. The van der Waals surface area contributed by atoms with Crippen molar-refractivity contribution in [2.24, 2.45) is 5.73 Å². The molecule has 8 heteroatoms. The third-order valence-electron chi connectivity index (χ3n) is 2.57. The zero-order valence-electron chi connectivity index (χ0n) is 10.2. The highest BCUT2D eigenvalue weighted by molar-refractivity contribution is 5.89. The molecule has 0 radical (unpaired) electrons. The van der Waals surface area contributed by atoms with Gasteiger partial charge >= 0.3 is 12.1 Å². The van der Waals surface area contributed by atoms with Gasteiger partial charge in [0.1, 0.15) is 0 Å². The highest BCUT2D eigenvalue weighted by Crippen LogP contribution is 2.30. The van der Waals surface area contributed by atoms with Crippen LogP contribution >= 0.6 is 0 Å². The maximum atomic E-state index is 12.6. The molecular weight excluding hydrogens is 253 g/mol. The standard InChI is InChI=1S/C10H17F3N2O3/c1-3-4-5-6(14)7(16)15-9(2,8(17)18)10(11,12)13/h6H,3-5,14H2,1-2H3,(H,15,16)(H,17,18)/t6-,9?/m0/s1. The summed E-state index contributed by atoms with van der Waals surface area (Å²) in [6.45, 7) is 2.22. The molecule has 106 valence electrons. The second kappa shape index (κ2) is 6.03. The molecule has 0 aromatic carbocycles. The lowest BCUT2D eigenvalue weighted by atomic mass is 10.0. The third kappa shape index (κ3) is 3.86. The van der Waals surface area contributed by atoms with Crippen LogP contribution in [0.1, 0.15) is 33.1 Å². The van der Waals surface area contributed by atoms with E-state index in [1.54, 1.807) is 0 Å². The minimum Gasteiger partial charge on any atom is -0.479 e. The fourth-order valence-corrected chi connectivity index (χ4v) is 1.14. The van der Waals surface area contributed by atoms with E-state index in [4.69, 9.17) is 10.8 Å². The van der Waals surface area contributed by atoms with Gasteiger partial charge in [-0.1, -0.05) is 19.8 Å². The second-order valence-electron chi connectivity index (χ2n) is 4.17. The van der Waals surface area contributed by atoms with Crippen LogP contribution in [0.15, 0.2) is 0 Å². The third-order valence-corrected chi connectivity index (χ3v) is 2.57. The SMILES string of the molecule is CCCC[C@H](N)C(=O)NC(C)(C(=O)O)C(F)(F)F. The number of aliphatic carboxylic acids is 1. The molecular formula is C10H17F3N2O3. The van der Waals surface area contributed by atoms with Crippen LogP contribution in [0.3, 0.4) is 0 Å². The Balaban J connectivity index is 4.82. The number of alkyl halides is 3. The van der Waals surface area contributed by atoms with Crippen molar-refractivity contribution in [2.75, 3.05) is 0 Å². The van der Waals surface area contributed by atoms with Crippen molar-refractivity contribution < 1.29 is 27.9 Å². The van der Waals surface area contributed by atoms with Gasteiger partial charge in [-0.15, -0.1) is 0 Å². The number of carbonyl (C=O) groups is 2. The Labute approximate surface area is 103 Å². The molecule has 0 spiro atoms. The van der Waals surface area contributed by atoms with Crippen molar-refractivity contribution in [3.63, 3.8) is 0 Å². The van der Waals surface area contributed by atoms with Crippen molar-refractivity contribution in [3.8, 4) is 0 Å².